The van der Waals surface area contributed by atoms with Crippen LogP contribution in [0.15, 0.2) is 30.3 Å². The minimum Gasteiger partial charge on any atom is -0.308 e. The van der Waals surface area contributed by atoms with Crippen molar-refractivity contribution in [1.82, 2.24) is 10.3 Å². The number of anilines is 1. The van der Waals surface area contributed by atoms with E-state index in [-0.39, 0.29) is 11.0 Å². The van der Waals surface area contributed by atoms with Gasteiger partial charge in [-0.2, -0.15) is 0 Å². The lowest BCUT2D eigenvalue weighted by atomic mass is 10.1. The lowest BCUT2D eigenvalue weighted by molar-refractivity contribution is 0.0977. The highest BCUT2D eigenvalue weighted by Gasteiger charge is 2.12. The van der Waals surface area contributed by atoms with Crippen LogP contribution in [0, 0.1) is 20.8 Å². The van der Waals surface area contributed by atoms with E-state index in [4.69, 9.17) is 23.8 Å². The molecule has 0 fully saturated rings. The van der Waals surface area contributed by atoms with Crippen LogP contribution in [-0.4, -0.2) is 16.0 Å². The smallest absolute Gasteiger partial charge is 0.257 e. The van der Waals surface area contributed by atoms with Gasteiger partial charge in [0.1, 0.15) is 0 Å². The predicted molar refractivity (Wildman–Crippen MR) is 109 cm³/mol. The molecule has 0 unspecified atom stereocenters. The highest BCUT2D eigenvalue weighted by atomic mass is 35.5. The Morgan fingerprint density at radius 2 is 1.92 bits per heavy atom. The summed E-state index contributed by atoms with van der Waals surface area (Å²) >= 11 is 12.8. The second kappa shape index (κ2) is 7.07. The number of hydrogen-bond acceptors (Lipinski definition) is 4. The minimum absolute atomic E-state index is 0.215. The average molecular weight is 390 g/mol. The Hall–Kier alpha value is -2.02. The topological polar surface area (TPSA) is 54.0 Å². The van der Waals surface area contributed by atoms with Gasteiger partial charge in [-0.15, -0.1) is 0 Å². The number of fused-ring (bicyclic) bond motifs is 1. The molecule has 3 rings (SSSR count). The summed E-state index contributed by atoms with van der Waals surface area (Å²) in [6.45, 7) is 5.84. The molecule has 1 aromatic heterocycles. The molecular weight excluding hydrogens is 374 g/mol. The number of aromatic nitrogens is 1. The first kappa shape index (κ1) is 17.8. The van der Waals surface area contributed by atoms with Gasteiger partial charge < -0.3 is 5.32 Å². The molecule has 128 valence electrons. The van der Waals surface area contributed by atoms with Gasteiger partial charge in [-0.25, -0.2) is 4.98 Å². The first-order valence-electron chi connectivity index (χ1n) is 7.60. The highest BCUT2D eigenvalue weighted by Crippen LogP contribution is 2.30. The zero-order valence-corrected chi connectivity index (χ0v) is 16.3. The SMILES string of the molecule is Cc1ccc(C(=O)NC(=S)Nc2nc3cc(Cl)c(C)cc3s2)c(C)c1. The summed E-state index contributed by atoms with van der Waals surface area (Å²) in [5.41, 5.74) is 4.41. The summed E-state index contributed by atoms with van der Waals surface area (Å²) in [6, 6.07) is 9.47. The molecule has 0 saturated carbocycles. The first-order chi connectivity index (χ1) is 11.8. The minimum atomic E-state index is -0.241. The molecule has 4 nitrogen and oxygen atoms in total. The molecule has 2 N–H and O–H groups in total. The maximum Gasteiger partial charge on any atom is 0.257 e. The van der Waals surface area contributed by atoms with Gasteiger partial charge in [0.25, 0.3) is 5.91 Å². The van der Waals surface area contributed by atoms with Crippen LogP contribution in [0.3, 0.4) is 0 Å². The van der Waals surface area contributed by atoms with Crippen molar-refractivity contribution in [2.24, 2.45) is 0 Å². The lowest BCUT2D eigenvalue weighted by Gasteiger charge is -2.09. The van der Waals surface area contributed by atoms with E-state index in [1.165, 1.54) is 11.3 Å². The molecule has 25 heavy (non-hydrogen) atoms. The fourth-order valence-electron chi connectivity index (χ4n) is 2.47. The summed E-state index contributed by atoms with van der Waals surface area (Å²) in [7, 11) is 0. The van der Waals surface area contributed by atoms with Crippen molar-refractivity contribution in [1.29, 1.82) is 0 Å². The van der Waals surface area contributed by atoms with E-state index in [1.807, 2.05) is 45.0 Å². The Labute approximate surface area is 160 Å². The number of amides is 1. The van der Waals surface area contributed by atoms with E-state index in [2.05, 4.69) is 15.6 Å². The largest absolute Gasteiger partial charge is 0.308 e. The first-order valence-corrected chi connectivity index (χ1v) is 9.20. The molecular formula is C18H16ClN3OS2. The number of rotatable bonds is 2. The summed E-state index contributed by atoms with van der Waals surface area (Å²) in [5, 5.41) is 7.16. The van der Waals surface area contributed by atoms with Crippen molar-refractivity contribution in [3.8, 4) is 0 Å². The highest BCUT2D eigenvalue weighted by molar-refractivity contribution is 7.80. The summed E-state index contributed by atoms with van der Waals surface area (Å²) < 4.78 is 1.01. The van der Waals surface area contributed by atoms with Crippen molar-refractivity contribution in [2.75, 3.05) is 5.32 Å². The van der Waals surface area contributed by atoms with Crippen LogP contribution in [-0.2, 0) is 0 Å². The Kier molecular flexibility index (Phi) is 5.03. The van der Waals surface area contributed by atoms with Crippen molar-refractivity contribution in [3.05, 3.63) is 57.6 Å². The number of benzene rings is 2. The van der Waals surface area contributed by atoms with Gasteiger partial charge in [0, 0.05) is 10.6 Å². The predicted octanol–water partition coefficient (Wildman–Crippen LogP) is 5.00. The summed E-state index contributed by atoms with van der Waals surface area (Å²) in [5.74, 6) is -0.241. The van der Waals surface area contributed by atoms with E-state index in [0.29, 0.717) is 15.7 Å². The molecule has 0 saturated heterocycles. The number of thiocarbonyl (C=S) groups is 1. The number of nitrogens with zero attached hydrogens (tertiary/aromatic N) is 1. The van der Waals surface area contributed by atoms with E-state index >= 15 is 0 Å². The number of carbonyl (C=O) groups excluding carboxylic acids is 1. The monoisotopic (exact) mass is 389 g/mol. The fourth-order valence-corrected chi connectivity index (χ4v) is 3.83. The number of hydrogen-bond donors (Lipinski definition) is 2. The average Bonchev–Trinajstić information content (AvgIpc) is 2.88. The van der Waals surface area contributed by atoms with Crippen LogP contribution in [0.5, 0.6) is 0 Å². The Morgan fingerprint density at radius 3 is 2.64 bits per heavy atom. The number of nitrogens with one attached hydrogen (secondary N) is 2. The third-order valence-electron chi connectivity index (χ3n) is 3.74. The second-order valence-corrected chi connectivity index (χ2v) is 7.66. The molecule has 2 aromatic carbocycles. The van der Waals surface area contributed by atoms with Crippen LogP contribution in [0.2, 0.25) is 5.02 Å². The maximum absolute atomic E-state index is 12.4. The van der Waals surface area contributed by atoms with E-state index in [9.17, 15) is 4.79 Å². The normalized spacial score (nSPS) is 10.7. The second-order valence-electron chi connectivity index (χ2n) is 5.81. The Morgan fingerprint density at radius 1 is 1.16 bits per heavy atom. The summed E-state index contributed by atoms with van der Waals surface area (Å²) in [4.78, 5) is 16.8. The molecule has 1 heterocycles. The molecule has 0 atom stereocenters. The van der Waals surface area contributed by atoms with Gasteiger partial charge in [0.2, 0.25) is 0 Å². The van der Waals surface area contributed by atoms with Crippen LogP contribution in [0.4, 0.5) is 5.13 Å². The van der Waals surface area contributed by atoms with Gasteiger partial charge >= 0.3 is 0 Å². The van der Waals surface area contributed by atoms with E-state index < -0.39 is 0 Å². The third kappa shape index (κ3) is 3.98. The van der Waals surface area contributed by atoms with Crippen molar-refractivity contribution >= 4 is 61.5 Å². The summed E-state index contributed by atoms with van der Waals surface area (Å²) in [6.07, 6.45) is 0. The third-order valence-corrected chi connectivity index (χ3v) is 5.29. The van der Waals surface area contributed by atoms with Gasteiger partial charge in [-0.05, 0) is 62.3 Å². The van der Waals surface area contributed by atoms with Crippen molar-refractivity contribution < 1.29 is 4.79 Å². The van der Waals surface area contributed by atoms with Crippen molar-refractivity contribution in [3.63, 3.8) is 0 Å². The molecule has 0 spiro atoms. The quantitative estimate of drug-likeness (QED) is 0.605. The fraction of sp³-hybridized carbons (Fsp3) is 0.167. The molecule has 0 aliphatic carbocycles. The number of carbonyl (C=O) groups is 1. The maximum atomic E-state index is 12.4. The number of halogens is 1. The van der Waals surface area contributed by atoms with Crippen molar-refractivity contribution in [2.45, 2.75) is 20.8 Å². The Bertz CT molecular complexity index is 958. The zero-order valence-electron chi connectivity index (χ0n) is 13.9. The molecule has 0 aliphatic heterocycles. The van der Waals surface area contributed by atoms with E-state index in [1.54, 1.807) is 6.07 Å². The molecule has 0 radical (unpaired) electrons. The zero-order chi connectivity index (χ0) is 18.1. The van der Waals surface area contributed by atoms with Gasteiger partial charge in [0.05, 0.1) is 10.2 Å². The van der Waals surface area contributed by atoms with Gasteiger partial charge in [0.15, 0.2) is 10.2 Å². The lowest BCUT2D eigenvalue weighted by Crippen LogP contribution is -2.34. The standard InChI is InChI=1S/C18H16ClN3OS2/c1-9-4-5-12(10(2)6-9)16(23)21-17(24)22-18-20-14-8-13(19)11(3)7-15(14)25-18/h4-8H,1-3H3,(H2,20,21,22,23,24). The molecule has 1 amide bonds. The van der Waals surface area contributed by atoms with Crippen LogP contribution in [0.1, 0.15) is 27.0 Å². The number of aryl methyl sites for hydroxylation is 3. The number of thiazole rings is 1. The van der Waals surface area contributed by atoms with Crippen LogP contribution < -0.4 is 10.6 Å². The molecule has 0 aliphatic rings. The van der Waals surface area contributed by atoms with Gasteiger partial charge in [-0.3, -0.25) is 10.1 Å². The van der Waals surface area contributed by atoms with Gasteiger partial charge in [-0.1, -0.05) is 40.6 Å². The van der Waals surface area contributed by atoms with Crippen LogP contribution >= 0.6 is 35.2 Å². The molecule has 0 bridgehead atoms. The molecule has 7 heteroatoms. The van der Waals surface area contributed by atoms with Crippen LogP contribution in [0.25, 0.3) is 10.2 Å². The molecule has 3 aromatic rings. The van der Waals surface area contributed by atoms with E-state index in [0.717, 1.165) is 26.9 Å². The Balaban J connectivity index is 1.73.